The van der Waals surface area contributed by atoms with Crippen LogP contribution in [-0.4, -0.2) is 207 Å². The van der Waals surface area contributed by atoms with Gasteiger partial charge in [0.2, 0.25) is 76.8 Å². The van der Waals surface area contributed by atoms with Crippen LogP contribution >= 0.6 is 11.8 Å². The maximum atomic E-state index is 15.0. The molecule has 1 aliphatic heterocycles. The Bertz CT molecular complexity index is 4280. The number of unbranched alkanes of at least 4 members (excludes halogenated alkanes) is 2. The van der Waals surface area contributed by atoms with Crippen molar-refractivity contribution in [3.63, 3.8) is 0 Å². The Kier molecular flexibility index (Phi) is 33.7. The highest BCUT2D eigenvalue weighted by atomic mass is 32.2. The largest absolute Gasteiger partial charge is 0.481 e. The predicted molar refractivity (Wildman–Crippen MR) is 417 cm³/mol. The third-order valence-corrected chi connectivity index (χ3v) is 20.3. The minimum atomic E-state index is -1.94. The van der Waals surface area contributed by atoms with Crippen molar-refractivity contribution in [1.82, 2.24) is 73.8 Å². The van der Waals surface area contributed by atoms with Gasteiger partial charge in [-0.25, -0.2) is 0 Å². The van der Waals surface area contributed by atoms with Gasteiger partial charge in [0.1, 0.15) is 66.5 Å². The van der Waals surface area contributed by atoms with E-state index in [1.165, 1.54) is 0 Å². The summed E-state index contributed by atoms with van der Waals surface area (Å²) in [6.07, 6.45) is 2.88. The average Bonchev–Trinajstić information content (AvgIpc) is 1.74. The molecule has 34 heteroatoms. The highest BCUT2D eigenvalue weighted by Crippen LogP contribution is 2.24. The summed E-state index contributed by atoms with van der Waals surface area (Å²) in [5.41, 5.74) is 20.6. The maximum Gasteiger partial charge on any atom is 0.305 e. The van der Waals surface area contributed by atoms with Gasteiger partial charge in [-0.05, 0) is 109 Å². The van der Waals surface area contributed by atoms with E-state index in [1.54, 1.807) is 109 Å². The SMILES string of the molecule is CC[C@H](C)[C@@H]1NC(=O)[C@H](Cc2ccc3ccccc3c2)NC(=O)CSC[C@@H](C(N)=O)NC(=O)[C@H](C(C)C)NC(=O)[C@H](Cc2c[nH]c3ccccc23)NC(=O)[C@@H](CCCCN)NC(=O)[C@H](C(C)C)NC(=O)[C@H](Cc2c[nH]c3ccccc23)NC(=O)[C@H](CC(=O)O)NC(=O)[C@H](CCCCN)NC(=O)CNC(=O)[C@H](CO)NC1=O. The molecule has 111 heavy (non-hydrogen) atoms. The van der Waals surface area contributed by atoms with Gasteiger partial charge in [0.25, 0.3) is 0 Å². The standard InChI is InChI=1S/C77H105N17O16S/c1-7-43(6)66-77(110)90-59(38-95)68(101)83-37-61(96)84-53(24-14-16-28-78)69(102)89-58(34-63(98)99)71(104)88-57(33-48-36-82-52-23-13-11-21-50(48)52)74(107)92-64(41(2)3)75(108)86-54(25-15-17-29-79)70(103)87-56(32-47-35-81-51-22-12-10-20-49(47)51)73(106)93-65(42(4)5)76(109)91-60(67(80)100)39-111-40-62(97)85-55(72(105)94-66)31-44-26-27-45-18-8-9-19-46(45)30-44/h8-13,18-23,26-27,30,35-36,41-43,53-60,64-66,81-82,95H,7,14-17,24-25,28-29,31-34,37-40,78-79H2,1-6H3,(H2,80,100)(H,83,101)(H,84,96)(H,85,97)(H,86,108)(H,87,103)(H,88,104)(H,89,102)(H,90,110)(H,91,109)(H,92,107)(H,93,106)(H,94,105)(H,98,99)/t43-,53-,54+,55-,56-,57-,58-,59-,60-,64-,65-,66-/m0/s1. The van der Waals surface area contributed by atoms with Crippen LogP contribution in [-0.2, 0) is 86.4 Å². The number of primary amides is 1. The Labute approximate surface area is 646 Å². The Morgan fingerprint density at radius 3 is 1.43 bits per heavy atom. The lowest BCUT2D eigenvalue weighted by Crippen LogP contribution is -2.62. The van der Waals surface area contributed by atoms with E-state index in [0.29, 0.717) is 51.3 Å². The monoisotopic (exact) mass is 1560 g/mol. The summed E-state index contributed by atoms with van der Waals surface area (Å²) in [4.78, 5) is 206. The number of H-pyrrole nitrogens is 2. The van der Waals surface area contributed by atoms with Crippen LogP contribution in [0.5, 0.6) is 0 Å². The van der Waals surface area contributed by atoms with E-state index in [1.807, 2.05) is 36.4 Å². The van der Waals surface area contributed by atoms with Gasteiger partial charge in [0, 0.05) is 59.2 Å². The minimum absolute atomic E-state index is 0.0464. The number of carbonyl (C=O) groups excluding carboxylic acids is 13. The molecule has 0 spiro atoms. The summed E-state index contributed by atoms with van der Waals surface area (Å²) in [6.45, 7) is 8.27. The molecule has 13 amide bonds. The van der Waals surface area contributed by atoms with E-state index in [4.69, 9.17) is 17.2 Å². The predicted octanol–water partition coefficient (Wildman–Crippen LogP) is -0.406. The highest BCUT2D eigenvalue weighted by molar-refractivity contribution is 8.00. The van der Waals surface area contributed by atoms with Gasteiger partial charge < -0.3 is 101 Å². The minimum Gasteiger partial charge on any atom is -0.481 e. The van der Waals surface area contributed by atoms with Gasteiger partial charge in [-0.3, -0.25) is 67.1 Å². The van der Waals surface area contributed by atoms with Gasteiger partial charge in [-0.15, -0.1) is 11.8 Å². The summed E-state index contributed by atoms with van der Waals surface area (Å²) >= 11 is 0.869. The number of para-hydroxylation sites is 2. The van der Waals surface area contributed by atoms with Crippen LogP contribution in [0.2, 0.25) is 0 Å². The lowest BCUT2D eigenvalue weighted by Gasteiger charge is -2.29. The first-order chi connectivity index (χ1) is 53.0. The van der Waals surface area contributed by atoms with Crippen molar-refractivity contribution in [3.8, 4) is 0 Å². The molecule has 1 saturated heterocycles. The molecule has 0 radical (unpaired) electrons. The van der Waals surface area contributed by atoms with E-state index < -0.39 is 192 Å². The molecule has 12 atom stereocenters. The number of carbonyl (C=O) groups is 14. The molecule has 6 aromatic rings. The van der Waals surface area contributed by atoms with Gasteiger partial charge >= 0.3 is 5.97 Å². The van der Waals surface area contributed by atoms with Gasteiger partial charge in [0.15, 0.2) is 0 Å². The molecule has 3 heterocycles. The zero-order chi connectivity index (χ0) is 81.0. The molecule has 2 aromatic heterocycles. The van der Waals surface area contributed by atoms with Crippen LogP contribution in [0.25, 0.3) is 32.6 Å². The number of thioether (sulfide) groups is 1. The van der Waals surface area contributed by atoms with Crippen LogP contribution in [0.15, 0.2) is 103 Å². The lowest BCUT2D eigenvalue weighted by molar-refractivity contribution is -0.141. The molecule has 0 aliphatic carbocycles. The fourth-order valence-electron chi connectivity index (χ4n) is 12.7. The molecule has 33 nitrogen and oxygen atoms in total. The number of nitrogens with two attached hydrogens (primary N) is 3. The van der Waals surface area contributed by atoms with Gasteiger partial charge in [-0.2, -0.15) is 0 Å². The summed E-state index contributed by atoms with van der Waals surface area (Å²) in [6, 6.07) is 10.2. The maximum absolute atomic E-state index is 15.0. The topological polar surface area (TPSA) is 533 Å². The molecule has 0 bridgehead atoms. The molecule has 0 unspecified atom stereocenters. The summed E-state index contributed by atoms with van der Waals surface area (Å²) < 4.78 is 0. The Hall–Kier alpha value is -11.0. The second-order valence-corrected chi connectivity index (χ2v) is 29.5. The third-order valence-electron chi connectivity index (χ3n) is 19.3. The molecule has 0 saturated carbocycles. The second kappa shape index (κ2) is 42.8. The summed E-state index contributed by atoms with van der Waals surface area (Å²) in [7, 11) is 0. The van der Waals surface area contributed by atoms with Crippen LogP contribution in [0, 0.1) is 17.8 Å². The van der Waals surface area contributed by atoms with Gasteiger partial charge in [0.05, 0.1) is 25.3 Å². The molecular formula is C77H105N17O16S. The van der Waals surface area contributed by atoms with Crippen molar-refractivity contribution in [3.05, 3.63) is 120 Å². The molecule has 1 fully saturated rings. The van der Waals surface area contributed by atoms with Gasteiger partial charge in [-0.1, -0.05) is 127 Å². The molecule has 7 rings (SSSR count). The van der Waals surface area contributed by atoms with E-state index in [-0.39, 0.29) is 70.2 Å². The van der Waals surface area contributed by atoms with Crippen molar-refractivity contribution in [2.75, 3.05) is 37.7 Å². The number of carboxylic acids is 1. The number of aliphatic hydroxyl groups excluding tert-OH is 1. The van der Waals surface area contributed by atoms with Crippen LogP contribution in [0.3, 0.4) is 0 Å². The third kappa shape index (κ3) is 25.8. The molecule has 600 valence electrons. The number of rotatable bonds is 22. The second-order valence-electron chi connectivity index (χ2n) is 28.4. The fourth-order valence-corrected chi connectivity index (χ4v) is 13.6. The number of benzene rings is 4. The van der Waals surface area contributed by atoms with Crippen LogP contribution in [0.4, 0.5) is 0 Å². The molecule has 4 aromatic carbocycles. The van der Waals surface area contributed by atoms with Crippen molar-refractivity contribution in [1.29, 1.82) is 0 Å². The first kappa shape index (κ1) is 87.3. The first-order valence-corrected chi connectivity index (χ1v) is 38.5. The number of aliphatic hydroxyl groups is 1. The Balaban J connectivity index is 1.26. The number of aliphatic carboxylic acids is 1. The summed E-state index contributed by atoms with van der Waals surface area (Å²) in [5, 5.41) is 55.1. The fraction of sp³-hybridized carbons (Fsp3) is 0.481. The van der Waals surface area contributed by atoms with Crippen molar-refractivity contribution < 1.29 is 77.3 Å². The number of amides is 13. The number of hydrogen-bond donors (Lipinski definition) is 19. The molecule has 22 N–H and O–H groups in total. The lowest BCUT2D eigenvalue weighted by atomic mass is 9.96. The zero-order valence-electron chi connectivity index (χ0n) is 63.2. The Morgan fingerprint density at radius 2 is 0.919 bits per heavy atom. The van der Waals surface area contributed by atoms with E-state index in [2.05, 4.69) is 73.8 Å². The zero-order valence-corrected chi connectivity index (χ0v) is 64.0. The van der Waals surface area contributed by atoms with E-state index in [0.717, 1.165) is 22.5 Å². The average molecular weight is 1560 g/mol. The van der Waals surface area contributed by atoms with Crippen molar-refractivity contribution >= 4 is 127 Å². The number of aromatic nitrogens is 2. The van der Waals surface area contributed by atoms with E-state index >= 15 is 9.59 Å². The number of hydrogen-bond acceptors (Lipinski definition) is 18. The van der Waals surface area contributed by atoms with Crippen molar-refractivity contribution in [2.45, 2.75) is 179 Å². The number of nitrogens with one attached hydrogen (secondary N) is 14. The molecular weight excluding hydrogens is 1450 g/mol. The van der Waals surface area contributed by atoms with Crippen LogP contribution in [0.1, 0.15) is 110 Å². The van der Waals surface area contributed by atoms with Crippen molar-refractivity contribution in [2.24, 2.45) is 35.0 Å². The normalized spacial score (nSPS) is 23.4. The number of fused-ring (bicyclic) bond motifs is 3. The number of carboxylic acid groups (broad SMARTS) is 1. The summed E-state index contributed by atoms with van der Waals surface area (Å²) in [5.74, 6) is -16.7. The Morgan fingerprint density at radius 1 is 0.477 bits per heavy atom. The molecule has 1 aliphatic rings. The highest BCUT2D eigenvalue weighted by Gasteiger charge is 2.39. The first-order valence-electron chi connectivity index (χ1n) is 37.3. The van der Waals surface area contributed by atoms with Crippen LogP contribution < -0.4 is 81.0 Å². The quantitative estimate of drug-likeness (QED) is 0.0384. The number of aromatic amines is 2. The smallest absolute Gasteiger partial charge is 0.305 e. The van der Waals surface area contributed by atoms with E-state index in [9.17, 15) is 67.7 Å².